The van der Waals surface area contributed by atoms with E-state index in [2.05, 4.69) is 28.5 Å². The summed E-state index contributed by atoms with van der Waals surface area (Å²) in [4.78, 5) is 0. The van der Waals surface area contributed by atoms with E-state index in [-0.39, 0.29) is 0 Å². The van der Waals surface area contributed by atoms with Crippen molar-refractivity contribution in [1.82, 2.24) is 20.1 Å². The van der Waals surface area contributed by atoms with E-state index in [1.54, 1.807) is 6.33 Å². The van der Waals surface area contributed by atoms with Gasteiger partial charge in [0.2, 0.25) is 0 Å². The van der Waals surface area contributed by atoms with Gasteiger partial charge >= 0.3 is 0 Å². The topological polar surface area (TPSA) is 52.0 Å². The molecule has 0 amide bonds. The van der Waals surface area contributed by atoms with Crippen molar-refractivity contribution < 1.29 is 4.74 Å². The Morgan fingerprint density at radius 2 is 2.16 bits per heavy atom. The molecule has 1 unspecified atom stereocenters. The lowest BCUT2D eigenvalue weighted by Crippen LogP contribution is -2.16. The Morgan fingerprint density at radius 1 is 1.37 bits per heavy atom. The smallest absolute Gasteiger partial charge is 0.170 e. The van der Waals surface area contributed by atoms with Crippen molar-refractivity contribution in [2.75, 3.05) is 7.05 Å². The van der Waals surface area contributed by atoms with Crippen molar-refractivity contribution in [3.05, 3.63) is 42.0 Å². The monoisotopic (exact) mass is 260 g/mol. The maximum absolute atomic E-state index is 5.88. The van der Waals surface area contributed by atoms with Crippen molar-refractivity contribution in [3.63, 3.8) is 0 Å². The molecule has 19 heavy (non-hydrogen) atoms. The number of aryl methyl sites for hydroxylation is 1. The summed E-state index contributed by atoms with van der Waals surface area (Å²) in [5.41, 5.74) is 1.18. The van der Waals surface area contributed by atoms with Gasteiger partial charge < -0.3 is 14.6 Å². The van der Waals surface area contributed by atoms with Gasteiger partial charge in [0.15, 0.2) is 5.82 Å². The molecule has 1 aromatic carbocycles. The summed E-state index contributed by atoms with van der Waals surface area (Å²) in [7, 11) is 3.88. The van der Waals surface area contributed by atoms with E-state index >= 15 is 0 Å². The number of para-hydroxylation sites is 1. The zero-order valence-corrected chi connectivity index (χ0v) is 11.6. The predicted molar refractivity (Wildman–Crippen MR) is 73.9 cm³/mol. The number of nitrogens with one attached hydrogen (secondary N) is 1. The molecule has 0 saturated carbocycles. The third kappa shape index (κ3) is 3.12. The molecule has 1 atom stereocenters. The lowest BCUT2D eigenvalue weighted by molar-refractivity contribution is 0.285. The second-order valence-corrected chi connectivity index (χ2v) is 4.43. The Morgan fingerprint density at radius 3 is 2.79 bits per heavy atom. The highest BCUT2D eigenvalue weighted by molar-refractivity contribution is 5.35. The summed E-state index contributed by atoms with van der Waals surface area (Å²) in [5.74, 6) is 1.71. The molecule has 0 spiro atoms. The lowest BCUT2D eigenvalue weighted by atomic mass is 10.0. The fourth-order valence-corrected chi connectivity index (χ4v) is 2.06. The average Bonchev–Trinajstić information content (AvgIpc) is 2.84. The van der Waals surface area contributed by atoms with Gasteiger partial charge in [-0.05, 0) is 19.5 Å². The molecule has 0 bridgehead atoms. The molecule has 1 N–H and O–H groups in total. The molecular formula is C14H20N4O. The Hall–Kier alpha value is -1.88. The van der Waals surface area contributed by atoms with Gasteiger partial charge in [-0.1, -0.05) is 25.1 Å². The van der Waals surface area contributed by atoms with Crippen molar-refractivity contribution in [1.29, 1.82) is 0 Å². The van der Waals surface area contributed by atoms with Crippen LogP contribution >= 0.6 is 0 Å². The molecule has 0 aliphatic heterocycles. The predicted octanol–water partition coefficient (Wildman–Crippen LogP) is 2.06. The second kappa shape index (κ2) is 6.33. The van der Waals surface area contributed by atoms with Crippen molar-refractivity contribution in [2.24, 2.45) is 7.05 Å². The molecule has 0 aliphatic carbocycles. The zero-order valence-electron chi connectivity index (χ0n) is 11.6. The van der Waals surface area contributed by atoms with Crippen LogP contribution in [0.3, 0.4) is 0 Å². The Balaban J connectivity index is 2.14. The molecule has 1 heterocycles. The highest BCUT2D eigenvalue weighted by Gasteiger charge is 2.12. The highest BCUT2D eigenvalue weighted by Crippen LogP contribution is 2.27. The van der Waals surface area contributed by atoms with Gasteiger partial charge in [-0.2, -0.15) is 0 Å². The SMILES string of the molecule is CCC(NC)c1ccccc1OCc1nncn1C. The first-order chi connectivity index (χ1) is 9.26. The number of aromatic nitrogens is 3. The molecule has 5 nitrogen and oxygen atoms in total. The molecule has 0 saturated heterocycles. The summed E-state index contributed by atoms with van der Waals surface area (Å²) in [6.07, 6.45) is 2.69. The van der Waals surface area contributed by atoms with E-state index in [1.165, 1.54) is 5.56 Å². The van der Waals surface area contributed by atoms with Gasteiger partial charge in [-0.25, -0.2) is 0 Å². The minimum Gasteiger partial charge on any atom is -0.485 e. The van der Waals surface area contributed by atoms with Crippen LogP contribution in [0.25, 0.3) is 0 Å². The van der Waals surface area contributed by atoms with E-state index < -0.39 is 0 Å². The largest absolute Gasteiger partial charge is 0.485 e. The average molecular weight is 260 g/mol. The minimum absolute atomic E-state index is 0.302. The Labute approximate surface area is 113 Å². The fourth-order valence-electron chi connectivity index (χ4n) is 2.06. The van der Waals surface area contributed by atoms with Crippen LogP contribution in [0.1, 0.15) is 30.8 Å². The van der Waals surface area contributed by atoms with E-state index in [0.717, 1.165) is 18.0 Å². The Bertz CT molecular complexity index is 520. The van der Waals surface area contributed by atoms with Crippen LogP contribution in [-0.4, -0.2) is 21.8 Å². The van der Waals surface area contributed by atoms with E-state index in [9.17, 15) is 0 Å². The standard InChI is InChI=1S/C14H20N4O/c1-4-12(15-2)11-7-5-6-8-13(11)19-9-14-17-16-10-18(14)3/h5-8,10,12,15H,4,9H2,1-3H3. The van der Waals surface area contributed by atoms with Crippen molar-refractivity contribution in [3.8, 4) is 5.75 Å². The quantitative estimate of drug-likeness (QED) is 0.864. The number of rotatable bonds is 6. The first-order valence-corrected chi connectivity index (χ1v) is 6.48. The summed E-state index contributed by atoms with van der Waals surface area (Å²) < 4.78 is 7.74. The number of benzene rings is 1. The van der Waals surface area contributed by atoms with Crippen LogP contribution in [0.4, 0.5) is 0 Å². The summed E-state index contributed by atoms with van der Waals surface area (Å²) in [6.45, 7) is 2.58. The van der Waals surface area contributed by atoms with Gasteiger partial charge in [0.1, 0.15) is 18.7 Å². The van der Waals surface area contributed by atoms with Gasteiger partial charge in [-0.15, -0.1) is 10.2 Å². The maximum atomic E-state index is 5.88. The highest BCUT2D eigenvalue weighted by atomic mass is 16.5. The van der Waals surface area contributed by atoms with Gasteiger partial charge in [0, 0.05) is 18.7 Å². The summed E-state index contributed by atoms with van der Waals surface area (Å²) in [6, 6.07) is 8.40. The second-order valence-electron chi connectivity index (χ2n) is 4.43. The van der Waals surface area contributed by atoms with Crippen molar-refractivity contribution >= 4 is 0 Å². The molecule has 1 aromatic heterocycles. The fraction of sp³-hybridized carbons (Fsp3) is 0.429. The molecule has 2 aromatic rings. The van der Waals surface area contributed by atoms with E-state index in [4.69, 9.17) is 4.74 Å². The van der Waals surface area contributed by atoms with Crippen LogP contribution in [0.5, 0.6) is 5.75 Å². The molecule has 0 radical (unpaired) electrons. The molecule has 2 rings (SSSR count). The van der Waals surface area contributed by atoms with E-state index in [0.29, 0.717) is 12.6 Å². The molecule has 102 valence electrons. The van der Waals surface area contributed by atoms with Crippen LogP contribution in [0, 0.1) is 0 Å². The van der Waals surface area contributed by atoms with Gasteiger partial charge in [-0.3, -0.25) is 0 Å². The lowest BCUT2D eigenvalue weighted by Gasteiger charge is -2.18. The van der Waals surface area contributed by atoms with Crippen molar-refractivity contribution in [2.45, 2.75) is 26.0 Å². The van der Waals surface area contributed by atoms with Crippen LogP contribution < -0.4 is 10.1 Å². The zero-order chi connectivity index (χ0) is 13.7. The minimum atomic E-state index is 0.302. The maximum Gasteiger partial charge on any atom is 0.170 e. The number of hydrogen-bond donors (Lipinski definition) is 1. The first kappa shape index (κ1) is 13.5. The van der Waals surface area contributed by atoms with E-state index in [1.807, 2.05) is 36.9 Å². The summed E-state index contributed by atoms with van der Waals surface area (Å²) >= 11 is 0. The third-order valence-corrected chi connectivity index (χ3v) is 3.21. The van der Waals surface area contributed by atoms with Gasteiger partial charge in [0.05, 0.1) is 0 Å². The van der Waals surface area contributed by atoms with Crippen LogP contribution in [0.15, 0.2) is 30.6 Å². The normalized spacial score (nSPS) is 12.4. The first-order valence-electron chi connectivity index (χ1n) is 6.48. The van der Waals surface area contributed by atoms with Crippen LogP contribution in [-0.2, 0) is 13.7 Å². The number of hydrogen-bond acceptors (Lipinski definition) is 4. The third-order valence-electron chi connectivity index (χ3n) is 3.21. The molecule has 0 fully saturated rings. The molecule has 5 heteroatoms. The molecular weight excluding hydrogens is 240 g/mol. The Kier molecular flexibility index (Phi) is 4.52. The van der Waals surface area contributed by atoms with Crippen LogP contribution in [0.2, 0.25) is 0 Å². The number of nitrogens with zero attached hydrogens (tertiary/aromatic N) is 3. The number of ether oxygens (including phenoxy) is 1. The summed E-state index contributed by atoms with van der Waals surface area (Å²) in [5, 5.41) is 11.2. The molecule has 0 aliphatic rings. The van der Waals surface area contributed by atoms with Gasteiger partial charge in [0.25, 0.3) is 0 Å².